The zero-order valence-electron chi connectivity index (χ0n) is 10.7. The summed E-state index contributed by atoms with van der Waals surface area (Å²) < 4.78 is 4.92. The first kappa shape index (κ1) is 12.7. The van der Waals surface area contributed by atoms with Crippen LogP contribution < -0.4 is 0 Å². The van der Waals surface area contributed by atoms with Crippen LogP contribution >= 0.6 is 0 Å². The van der Waals surface area contributed by atoms with Gasteiger partial charge in [0.2, 0.25) is 5.79 Å². The van der Waals surface area contributed by atoms with Crippen molar-refractivity contribution in [3.8, 4) is 11.5 Å². The van der Waals surface area contributed by atoms with Crippen molar-refractivity contribution in [1.82, 2.24) is 0 Å². The first-order chi connectivity index (χ1) is 8.18. The maximum Gasteiger partial charge on any atom is 0.344 e. The third-order valence-corrected chi connectivity index (χ3v) is 3.72. The number of benzene rings is 1. The van der Waals surface area contributed by atoms with Crippen LogP contribution in [0.15, 0.2) is 0 Å². The van der Waals surface area contributed by atoms with E-state index in [-0.39, 0.29) is 22.6 Å². The molecule has 2 atom stereocenters. The van der Waals surface area contributed by atoms with Gasteiger partial charge in [-0.05, 0) is 25.0 Å². The van der Waals surface area contributed by atoms with Crippen LogP contribution in [-0.2, 0) is 4.74 Å². The van der Waals surface area contributed by atoms with Crippen molar-refractivity contribution >= 4 is 5.97 Å². The molecule has 1 aliphatic heterocycles. The molecule has 0 radical (unpaired) electrons. The van der Waals surface area contributed by atoms with Crippen LogP contribution in [0.4, 0.5) is 0 Å². The number of hydrogen-bond donors (Lipinski definition) is 3. The summed E-state index contributed by atoms with van der Waals surface area (Å²) in [5, 5.41) is 29.9. The number of fused-ring (bicyclic) bond motifs is 1. The minimum absolute atomic E-state index is 0.0295. The second kappa shape index (κ2) is 3.62. The molecule has 3 N–H and O–H groups in total. The highest BCUT2D eigenvalue weighted by Crippen LogP contribution is 2.46. The van der Waals surface area contributed by atoms with Gasteiger partial charge in [0.25, 0.3) is 0 Å². The molecule has 1 aromatic carbocycles. The van der Waals surface area contributed by atoms with Crippen LogP contribution in [-0.4, -0.2) is 27.1 Å². The first-order valence-corrected chi connectivity index (χ1v) is 5.69. The number of carbonyl (C=O) groups excluding carboxylic acids is 1. The Kier molecular flexibility index (Phi) is 2.55. The zero-order valence-corrected chi connectivity index (χ0v) is 10.7. The van der Waals surface area contributed by atoms with Crippen LogP contribution in [0, 0.1) is 13.8 Å². The quantitative estimate of drug-likeness (QED) is 0.612. The van der Waals surface area contributed by atoms with Gasteiger partial charge in [-0.15, -0.1) is 0 Å². The third kappa shape index (κ3) is 1.47. The molecular formula is C13H16O5. The Morgan fingerprint density at radius 3 is 2.28 bits per heavy atom. The van der Waals surface area contributed by atoms with E-state index in [1.807, 2.05) is 0 Å². The molecule has 0 aromatic heterocycles. The van der Waals surface area contributed by atoms with E-state index >= 15 is 0 Å². The topological polar surface area (TPSA) is 87.0 Å². The molecule has 0 spiro atoms. The van der Waals surface area contributed by atoms with Crippen molar-refractivity contribution in [2.24, 2.45) is 0 Å². The van der Waals surface area contributed by atoms with Crippen LogP contribution in [0.25, 0.3) is 0 Å². The van der Waals surface area contributed by atoms with Gasteiger partial charge in [-0.2, -0.15) is 0 Å². The number of esters is 1. The number of aromatic hydroxyl groups is 2. The molecular weight excluding hydrogens is 236 g/mol. The molecule has 5 nitrogen and oxygen atoms in total. The van der Waals surface area contributed by atoms with Crippen molar-refractivity contribution < 1.29 is 24.9 Å². The number of carbonyl (C=O) groups is 1. The standard InChI is InChI=1S/C13H16O5/c1-5-8-7(3)13(4,17)18-12(16)9(8)11(15)6(2)10(5)14/h7,14-15,17H,1-4H3/t7-,13+/m0/s1. The summed E-state index contributed by atoms with van der Waals surface area (Å²) in [5.41, 5.74) is 1.17. The summed E-state index contributed by atoms with van der Waals surface area (Å²) in [6.45, 7) is 6.22. The molecule has 1 aliphatic rings. The maximum atomic E-state index is 11.9. The van der Waals surface area contributed by atoms with Gasteiger partial charge < -0.3 is 20.1 Å². The van der Waals surface area contributed by atoms with E-state index in [2.05, 4.69) is 0 Å². The average molecular weight is 252 g/mol. The summed E-state index contributed by atoms with van der Waals surface area (Å²) in [6.07, 6.45) is 0. The van der Waals surface area contributed by atoms with Gasteiger partial charge in [0.05, 0.1) is 0 Å². The lowest BCUT2D eigenvalue weighted by Crippen LogP contribution is -2.42. The molecule has 0 saturated carbocycles. The van der Waals surface area contributed by atoms with Gasteiger partial charge in [0, 0.05) is 18.4 Å². The Morgan fingerprint density at radius 2 is 1.72 bits per heavy atom. The molecule has 98 valence electrons. The Balaban J connectivity index is 2.85. The van der Waals surface area contributed by atoms with E-state index in [4.69, 9.17) is 4.74 Å². The summed E-state index contributed by atoms with van der Waals surface area (Å²) >= 11 is 0. The molecule has 1 aromatic rings. The Hall–Kier alpha value is -1.75. The third-order valence-electron chi connectivity index (χ3n) is 3.72. The number of ether oxygens (including phenoxy) is 1. The molecule has 1 heterocycles. The SMILES string of the molecule is Cc1c(O)c(C)c2c(c1O)C(=O)O[C@@](C)(O)[C@H]2C. The predicted molar refractivity (Wildman–Crippen MR) is 63.7 cm³/mol. The summed E-state index contributed by atoms with van der Waals surface area (Å²) in [7, 11) is 0. The molecule has 2 rings (SSSR count). The zero-order chi connectivity index (χ0) is 13.8. The highest BCUT2D eigenvalue weighted by atomic mass is 16.7. The monoisotopic (exact) mass is 252 g/mol. The van der Waals surface area contributed by atoms with Crippen molar-refractivity contribution in [2.45, 2.75) is 39.4 Å². The van der Waals surface area contributed by atoms with E-state index in [1.165, 1.54) is 13.8 Å². The normalized spacial score (nSPS) is 26.7. The highest BCUT2D eigenvalue weighted by Gasteiger charge is 2.44. The minimum Gasteiger partial charge on any atom is -0.507 e. The lowest BCUT2D eigenvalue weighted by Gasteiger charge is -2.37. The van der Waals surface area contributed by atoms with Crippen molar-refractivity contribution in [3.63, 3.8) is 0 Å². The smallest absolute Gasteiger partial charge is 0.344 e. The maximum absolute atomic E-state index is 11.9. The number of aliphatic hydroxyl groups is 1. The summed E-state index contributed by atoms with van der Waals surface area (Å²) in [4.78, 5) is 11.9. The number of hydrogen-bond acceptors (Lipinski definition) is 5. The summed E-state index contributed by atoms with van der Waals surface area (Å²) in [5.74, 6) is -3.33. The van der Waals surface area contributed by atoms with Gasteiger partial charge >= 0.3 is 5.97 Å². The molecule has 18 heavy (non-hydrogen) atoms. The lowest BCUT2D eigenvalue weighted by molar-refractivity contribution is -0.170. The van der Waals surface area contributed by atoms with Crippen LogP contribution in [0.3, 0.4) is 0 Å². The van der Waals surface area contributed by atoms with Gasteiger partial charge in [-0.1, -0.05) is 6.92 Å². The van der Waals surface area contributed by atoms with E-state index in [1.54, 1.807) is 13.8 Å². The van der Waals surface area contributed by atoms with Crippen molar-refractivity contribution in [2.75, 3.05) is 0 Å². The van der Waals surface area contributed by atoms with Crippen LogP contribution in [0.5, 0.6) is 11.5 Å². The van der Waals surface area contributed by atoms with Crippen LogP contribution in [0.1, 0.15) is 46.8 Å². The number of cyclic esters (lactones) is 1. The predicted octanol–water partition coefficient (Wildman–Crippen LogP) is 1.70. The van der Waals surface area contributed by atoms with Crippen molar-refractivity contribution in [1.29, 1.82) is 0 Å². The minimum atomic E-state index is -1.65. The average Bonchev–Trinajstić information content (AvgIpc) is 2.27. The second-order valence-corrected chi connectivity index (χ2v) is 4.90. The number of phenolic OH excluding ortho intramolecular Hbond substituents is 2. The first-order valence-electron chi connectivity index (χ1n) is 5.69. The fraction of sp³-hybridized carbons (Fsp3) is 0.462. The molecule has 0 aliphatic carbocycles. The van der Waals surface area contributed by atoms with Gasteiger partial charge in [0.15, 0.2) is 0 Å². The summed E-state index contributed by atoms with van der Waals surface area (Å²) in [6, 6.07) is 0. The molecule has 0 amide bonds. The second-order valence-electron chi connectivity index (χ2n) is 4.90. The Morgan fingerprint density at radius 1 is 1.17 bits per heavy atom. The van der Waals surface area contributed by atoms with Gasteiger partial charge in [0.1, 0.15) is 17.1 Å². The molecule has 0 unspecified atom stereocenters. The Bertz CT molecular complexity index is 545. The Labute approximate surface area is 105 Å². The number of phenols is 2. The largest absolute Gasteiger partial charge is 0.507 e. The molecule has 0 fully saturated rings. The fourth-order valence-corrected chi connectivity index (χ4v) is 2.37. The molecule has 5 heteroatoms. The van der Waals surface area contributed by atoms with Crippen molar-refractivity contribution in [3.05, 3.63) is 22.3 Å². The van der Waals surface area contributed by atoms with E-state index in [0.29, 0.717) is 11.1 Å². The molecule has 0 saturated heterocycles. The van der Waals surface area contributed by atoms with E-state index in [0.717, 1.165) is 0 Å². The highest BCUT2D eigenvalue weighted by molar-refractivity contribution is 5.97. The van der Waals surface area contributed by atoms with Crippen LogP contribution in [0.2, 0.25) is 0 Å². The van der Waals surface area contributed by atoms with Gasteiger partial charge in [-0.3, -0.25) is 0 Å². The van der Waals surface area contributed by atoms with E-state index in [9.17, 15) is 20.1 Å². The lowest BCUT2D eigenvalue weighted by atomic mass is 9.82. The van der Waals surface area contributed by atoms with Gasteiger partial charge in [-0.25, -0.2) is 4.79 Å². The number of rotatable bonds is 0. The molecule has 0 bridgehead atoms. The van der Waals surface area contributed by atoms with E-state index < -0.39 is 17.7 Å². The fourth-order valence-electron chi connectivity index (χ4n) is 2.37.